The maximum atomic E-state index is 12.7. The van der Waals surface area contributed by atoms with Crippen LogP contribution in [0.2, 0.25) is 0 Å². The molecule has 0 bridgehead atoms. The van der Waals surface area contributed by atoms with Gasteiger partial charge in [-0.15, -0.1) is 0 Å². The molecule has 0 aromatic carbocycles. The van der Waals surface area contributed by atoms with Crippen LogP contribution in [0.1, 0.15) is 49.4 Å². The number of amides is 1. The maximum Gasteiger partial charge on any atom is 0.263 e. The fraction of sp³-hybridized carbons (Fsp3) is 0.368. The van der Waals surface area contributed by atoms with E-state index in [1.807, 2.05) is 34.6 Å². The van der Waals surface area contributed by atoms with Crippen LogP contribution in [-0.2, 0) is 12.0 Å². The topological polar surface area (TPSA) is 90.0 Å². The van der Waals surface area contributed by atoms with Crippen LogP contribution in [0.15, 0.2) is 33.7 Å². The van der Waals surface area contributed by atoms with Crippen molar-refractivity contribution < 1.29 is 9.32 Å². The van der Waals surface area contributed by atoms with Crippen LogP contribution in [0, 0.1) is 6.92 Å². The number of rotatable bonds is 3. The van der Waals surface area contributed by atoms with Gasteiger partial charge in [-0.3, -0.25) is 14.9 Å². The van der Waals surface area contributed by atoms with Crippen molar-refractivity contribution in [2.24, 2.45) is 0 Å². The lowest BCUT2D eigenvalue weighted by Crippen LogP contribution is -2.24. The minimum atomic E-state index is -0.531. The fourth-order valence-corrected chi connectivity index (χ4v) is 2.63. The first kappa shape index (κ1) is 17.8. The van der Waals surface area contributed by atoms with Gasteiger partial charge in [0, 0.05) is 29.9 Å². The van der Waals surface area contributed by atoms with Gasteiger partial charge in [-0.05, 0) is 26.0 Å². The Bertz CT molecular complexity index is 1040. The number of nitrogens with one attached hydrogen (secondary N) is 1. The van der Waals surface area contributed by atoms with Crippen molar-refractivity contribution >= 4 is 22.8 Å². The van der Waals surface area contributed by atoms with Crippen LogP contribution >= 0.6 is 0 Å². The highest BCUT2D eigenvalue weighted by molar-refractivity contribution is 6.04. The molecule has 0 unspecified atom stereocenters. The standard InChI is InChI=1S/C19H22N4O3/c1-6-23-10-13(16(24)12-8-7-11(2)20-17(12)23)18(25)21-15-9-14(22-26-15)19(3,4)5/h7-10H,6H2,1-5H3,(H,21,25). The van der Waals surface area contributed by atoms with Gasteiger partial charge in [0.1, 0.15) is 11.2 Å². The lowest BCUT2D eigenvalue weighted by Gasteiger charge is -2.12. The van der Waals surface area contributed by atoms with E-state index in [0.29, 0.717) is 17.6 Å². The number of aromatic nitrogens is 3. The van der Waals surface area contributed by atoms with Gasteiger partial charge in [-0.2, -0.15) is 0 Å². The second-order valence-corrected chi connectivity index (χ2v) is 7.26. The molecule has 26 heavy (non-hydrogen) atoms. The number of nitrogens with zero attached hydrogens (tertiary/aromatic N) is 3. The highest BCUT2D eigenvalue weighted by atomic mass is 16.5. The molecule has 3 rings (SSSR count). The second kappa shape index (κ2) is 6.40. The second-order valence-electron chi connectivity index (χ2n) is 7.26. The van der Waals surface area contributed by atoms with Crippen LogP contribution in [0.5, 0.6) is 0 Å². The molecule has 0 aliphatic carbocycles. The van der Waals surface area contributed by atoms with Gasteiger partial charge in [0.2, 0.25) is 11.3 Å². The molecule has 0 atom stereocenters. The van der Waals surface area contributed by atoms with Crippen molar-refractivity contribution in [2.45, 2.75) is 46.6 Å². The molecule has 1 N–H and O–H groups in total. The van der Waals surface area contributed by atoms with Gasteiger partial charge in [0.25, 0.3) is 5.91 Å². The molecule has 3 heterocycles. The molecule has 0 fully saturated rings. The van der Waals surface area contributed by atoms with Crippen molar-refractivity contribution in [2.75, 3.05) is 5.32 Å². The summed E-state index contributed by atoms with van der Waals surface area (Å²) in [6.07, 6.45) is 1.54. The first-order valence-corrected chi connectivity index (χ1v) is 8.50. The van der Waals surface area contributed by atoms with Gasteiger partial charge in [0.15, 0.2) is 0 Å². The van der Waals surface area contributed by atoms with Gasteiger partial charge in [0.05, 0.1) is 11.1 Å². The van der Waals surface area contributed by atoms with Crippen molar-refractivity contribution in [3.63, 3.8) is 0 Å². The molecule has 0 aliphatic rings. The first-order chi connectivity index (χ1) is 12.2. The SMILES string of the molecule is CCn1cc(C(=O)Nc2cc(C(C)(C)C)no2)c(=O)c2ccc(C)nc21. The van der Waals surface area contributed by atoms with Crippen LogP contribution in [0.4, 0.5) is 5.88 Å². The van der Waals surface area contributed by atoms with E-state index in [4.69, 9.17) is 4.52 Å². The van der Waals surface area contributed by atoms with E-state index >= 15 is 0 Å². The van der Waals surface area contributed by atoms with Gasteiger partial charge >= 0.3 is 0 Å². The van der Waals surface area contributed by atoms with E-state index in [1.54, 1.807) is 22.8 Å². The Kier molecular flexibility index (Phi) is 4.39. The van der Waals surface area contributed by atoms with Crippen molar-refractivity contribution in [3.05, 3.63) is 51.6 Å². The Labute approximate surface area is 151 Å². The van der Waals surface area contributed by atoms with Crippen LogP contribution < -0.4 is 10.7 Å². The molecular weight excluding hydrogens is 332 g/mol. The highest BCUT2D eigenvalue weighted by Crippen LogP contribution is 2.23. The number of hydrogen-bond acceptors (Lipinski definition) is 5. The molecule has 0 radical (unpaired) electrons. The van der Waals surface area contributed by atoms with Crippen molar-refractivity contribution in [1.29, 1.82) is 0 Å². The Morgan fingerprint density at radius 1 is 1.31 bits per heavy atom. The number of aryl methyl sites for hydroxylation is 2. The molecule has 0 aliphatic heterocycles. The zero-order chi connectivity index (χ0) is 19.1. The Morgan fingerprint density at radius 2 is 2.04 bits per heavy atom. The molecule has 3 aromatic heterocycles. The molecule has 0 saturated heterocycles. The highest BCUT2D eigenvalue weighted by Gasteiger charge is 2.21. The lowest BCUT2D eigenvalue weighted by atomic mass is 9.92. The normalized spacial score (nSPS) is 11.7. The quantitative estimate of drug-likeness (QED) is 0.780. The Balaban J connectivity index is 2.01. The smallest absolute Gasteiger partial charge is 0.263 e. The molecule has 0 spiro atoms. The average Bonchev–Trinajstić information content (AvgIpc) is 3.04. The summed E-state index contributed by atoms with van der Waals surface area (Å²) in [4.78, 5) is 29.8. The van der Waals surface area contributed by atoms with Crippen molar-refractivity contribution in [3.8, 4) is 0 Å². The number of fused-ring (bicyclic) bond motifs is 1. The zero-order valence-electron chi connectivity index (χ0n) is 15.6. The van der Waals surface area contributed by atoms with Crippen LogP contribution in [0.3, 0.4) is 0 Å². The number of anilines is 1. The third-order valence-electron chi connectivity index (χ3n) is 4.16. The van der Waals surface area contributed by atoms with E-state index in [-0.39, 0.29) is 22.3 Å². The maximum absolute atomic E-state index is 12.7. The first-order valence-electron chi connectivity index (χ1n) is 8.50. The largest absolute Gasteiger partial charge is 0.338 e. The van der Waals surface area contributed by atoms with Crippen molar-refractivity contribution in [1.82, 2.24) is 14.7 Å². The van der Waals surface area contributed by atoms with E-state index in [1.165, 1.54) is 6.20 Å². The number of carbonyl (C=O) groups excluding carboxylic acids is 1. The lowest BCUT2D eigenvalue weighted by molar-refractivity contribution is 0.102. The zero-order valence-corrected chi connectivity index (χ0v) is 15.6. The summed E-state index contributed by atoms with van der Waals surface area (Å²) in [6, 6.07) is 5.13. The molecule has 136 valence electrons. The summed E-state index contributed by atoms with van der Waals surface area (Å²) in [7, 11) is 0. The summed E-state index contributed by atoms with van der Waals surface area (Å²) in [5.74, 6) is -0.319. The monoisotopic (exact) mass is 354 g/mol. The van der Waals surface area contributed by atoms with Crippen LogP contribution in [-0.4, -0.2) is 20.6 Å². The Morgan fingerprint density at radius 3 is 2.65 bits per heavy atom. The van der Waals surface area contributed by atoms with E-state index < -0.39 is 5.91 Å². The van der Waals surface area contributed by atoms with Crippen LogP contribution in [0.25, 0.3) is 11.0 Å². The van der Waals surface area contributed by atoms with Gasteiger partial charge < -0.3 is 9.09 Å². The summed E-state index contributed by atoms with van der Waals surface area (Å²) in [5, 5.41) is 7.00. The van der Waals surface area contributed by atoms with Gasteiger partial charge in [-0.1, -0.05) is 25.9 Å². The molecular formula is C19H22N4O3. The molecule has 1 amide bonds. The summed E-state index contributed by atoms with van der Waals surface area (Å²) in [6.45, 7) is 10.4. The predicted molar refractivity (Wildman–Crippen MR) is 99.6 cm³/mol. The van der Waals surface area contributed by atoms with E-state index in [0.717, 1.165) is 11.4 Å². The summed E-state index contributed by atoms with van der Waals surface area (Å²) in [5.41, 5.74) is 1.59. The third kappa shape index (κ3) is 3.24. The third-order valence-corrected chi connectivity index (χ3v) is 4.16. The van der Waals surface area contributed by atoms with E-state index in [9.17, 15) is 9.59 Å². The minimum Gasteiger partial charge on any atom is -0.338 e. The molecule has 7 nitrogen and oxygen atoms in total. The minimum absolute atomic E-state index is 0.0405. The molecule has 3 aromatic rings. The Hall–Kier alpha value is -2.96. The number of carbonyl (C=O) groups is 1. The molecule has 0 saturated carbocycles. The summed E-state index contributed by atoms with van der Waals surface area (Å²) >= 11 is 0. The predicted octanol–water partition coefficient (Wildman–Crippen LogP) is 3.26. The number of hydrogen-bond donors (Lipinski definition) is 1. The van der Waals surface area contributed by atoms with Gasteiger partial charge in [-0.25, -0.2) is 4.98 Å². The van der Waals surface area contributed by atoms with E-state index in [2.05, 4.69) is 15.5 Å². The summed E-state index contributed by atoms with van der Waals surface area (Å²) < 4.78 is 6.97. The average molecular weight is 354 g/mol. The fourth-order valence-electron chi connectivity index (χ4n) is 2.63. The number of pyridine rings is 2. The molecule has 7 heteroatoms.